The molecule has 2 rings (SSSR count). The van der Waals surface area contributed by atoms with Crippen LogP contribution in [0.2, 0.25) is 0 Å². The summed E-state index contributed by atoms with van der Waals surface area (Å²) in [6.07, 6.45) is -1.19. The van der Waals surface area contributed by atoms with Crippen LogP contribution in [0.5, 0.6) is 0 Å². The van der Waals surface area contributed by atoms with Crippen molar-refractivity contribution in [2.24, 2.45) is 0 Å². The Labute approximate surface area is 175 Å². The van der Waals surface area contributed by atoms with Crippen LogP contribution >= 0.6 is 0 Å². The number of para-hydroxylation sites is 1. The summed E-state index contributed by atoms with van der Waals surface area (Å²) in [5.74, 6) is -1.78. The lowest BCUT2D eigenvalue weighted by atomic mass is 10.1. The first-order chi connectivity index (χ1) is 14.0. The predicted octanol–water partition coefficient (Wildman–Crippen LogP) is 2.35. The van der Waals surface area contributed by atoms with Crippen molar-refractivity contribution in [3.8, 4) is 0 Å². The molecule has 1 amide bonds. The first kappa shape index (κ1) is 23.2. The average molecular weight is 432 g/mol. The average Bonchev–Trinajstić information content (AvgIpc) is 2.68. The maximum Gasteiger partial charge on any atom is 0.321 e. The fraction of sp³-hybridized carbons (Fsp3) is 0.286. The Morgan fingerprint density at radius 1 is 1.03 bits per heavy atom. The van der Waals surface area contributed by atoms with Crippen molar-refractivity contribution in [1.82, 2.24) is 4.72 Å². The van der Waals surface area contributed by atoms with Gasteiger partial charge in [0.2, 0.25) is 10.0 Å². The van der Waals surface area contributed by atoms with Crippen molar-refractivity contribution < 1.29 is 27.5 Å². The minimum Gasteiger partial charge on any atom is -0.452 e. The van der Waals surface area contributed by atoms with Gasteiger partial charge in [0.25, 0.3) is 5.91 Å². The van der Waals surface area contributed by atoms with E-state index in [1.807, 2.05) is 6.92 Å². The molecule has 2 aromatic carbocycles. The van der Waals surface area contributed by atoms with Gasteiger partial charge in [0.05, 0.1) is 10.6 Å². The van der Waals surface area contributed by atoms with Gasteiger partial charge in [0.1, 0.15) is 6.54 Å². The van der Waals surface area contributed by atoms with Crippen LogP contribution in [0, 0.1) is 13.8 Å². The van der Waals surface area contributed by atoms with Crippen LogP contribution in [0.15, 0.2) is 47.4 Å². The van der Waals surface area contributed by atoms with Crippen LogP contribution in [0.1, 0.15) is 35.3 Å². The van der Waals surface area contributed by atoms with E-state index < -0.39 is 34.5 Å². The fourth-order valence-electron chi connectivity index (χ4n) is 2.54. The number of sulfonamides is 1. The van der Waals surface area contributed by atoms with Crippen molar-refractivity contribution in [2.45, 2.75) is 38.7 Å². The van der Waals surface area contributed by atoms with E-state index in [9.17, 15) is 22.8 Å². The van der Waals surface area contributed by atoms with E-state index in [0.717, 1.165) is 11.1 Å². The number of ether oxygens (including phenoxy) is 1. The number of esters is 1. The van der Waals surface area contributed by atoms with Gasteiger partial charge in [0.15, 0.2) is 11.9 Å². The van der Waals surface area contributed by atoms with Crippen molar-refractivity contribution in [3.63, 3.8) is 0 Å². The van der Waals surface area contributed by atoms with E-state index in [-0.39, 0.29) is 10.7 Å². The Morgan fingerprint density at radius 3 is 2.33 bits per heavy atom. The molecule has 160 valence electrons. The Balaban J connectivity index is 1.95. The summed E-state index contributed by atoms with van der Waals surface area (Å²) in [5, 5.41) is 2.53. The quantitative estimate of drug-likeness (QED) is 0.488. The molecule has 0 spiro atoms. The highest BCUT2D eigenvalue weighted by atomic mass is 32.2. The largest absolute Gasteiger partial charge is 0.452 e. The maximum atomic E-state index is 12.3. The van der Waals surface area contributed by atoms with Gasteiger partial charge in [-0.3, -0.25) is 14.4 Å². The molecule has 0 aliphatic carbocycles. The van der Waals surface area contributed by atoms with Crippen LogP contribution in [-0.2, 0) is 24.3 Å². The number of hydrogen-bond acceptors (Lipinski definition) is 6. The molecule has 0 radical (unpaired) electrons. The zero-order chi connectivity index (χ0) is 22.5. The molecule has 0 fully saturated rings. The standard InChI is InChI=1S/C21H24N2O6S/c1-13-9-10-17(11-14(13)2)30(27,28)22-12-20(25)29-16(4)21(26)23-19-8-6-5-7-18(19)15(3)24/h5-11,16,22H,12H2,1-4H3,(H,23,26). The molecule has 2 aromatic rings. The highest BCUT2D eigenvalue weighted by Crippen LogP contribution is 2.16. The number of nitrogens with one attached hydrogen (secondary N) is 2. The molecule has 0 saturated heterocycles. The predicted molar refractivity (Wildman–Crippen MR) is 112 cm³/mol. The summed E-state index contributed by atoms with van der Waals surface area (Å²) < 4.78 is 31.8. The summed E-state index contributed by atoms with van der Waals surface area (Å²) in [4.78, 5) is 35.9. The van der Waals surface area contributed by atoms with Gasteiger partial charge < -0.3 is 10.1 Å². The lowest BCUT2D eigenvalue weighted by Gasteiger charge is -2.15. The molecule has 30 heavy (non-hydrogen) atoms. The van der Waals surface area contributed by atoms with Gasteiger partial charge in [0, 0.05) is 5.56 Å². The number of aryl methyl sites for hydroxylation is 2. The number of anilines is 1. The minimum absolute atomic E-state index is 0.0324. The first-order valence-electron chi connectivity index (χ1n) is 9.18. The van der Waals surface area contributed by atoms with Crippen molar-refractivity contribution in [3.05, 3.63) is 59.2 Å². The number of ketones is 1. The summed E-state index contributed by atoms with van der Waals surface area (Å²) >= 11 is 0. The summed E-state index contributed by atoms with van der Waals surface area (Å²) in [7, 11) is -3.90. The van der Waals surface area contributed by atoms with E-state index in [0.29, 0.717) is 11.3 Å². The lowest BCUT2D eigenvalue weighted by molar-refractivity contribution is -0.151. The van der Waals surface area contributed by atoms with Crippen LogP contribution < -0.4 is 10.0 Å². The minimum atomic E-state index is -3.90. The smallest absolute Gasteiger partial charge is 0.321 e. The highest BCUT2D eigenvalue weighted by molar-refractivity contribution is 7.89. The molecule has 9 heteroatoms. The molecular formula is C21H24N2O6S. The molecule has 0 saturated carbocycles. The zero-order valence-electron chi connectivity index (χ0n) is 17.2. The van der Waals surface area contributed by atoms with Gasteiger partial charge in [-0.2, -0.15) is 4.72 Å². The number of hydrogen-bond donors (Lipinski definition) is 2. The monoisotopic (exact) mass is 432 g/mol. The van der Waals surface area contributed by atoms with Gasteiger partial charge in [-0.1, -0.05) is 18.2 Å². The highest BCUT2D eigenvalue weighted by Gasteiger charge is 2.22. The molecule has 0 aliphatic heterocycles. The molecule has 0 aliphatic rings. The van der Waals surface area contributed by atoms with E-state index in [1.165, 1.54) is 26.0 Å². The summed E-state index contributed by atoms with van der Waals surface area (Å²) in [6, 6.07) is 11.1. The van der Waals surface area contributed by atoms with Gasteiger partial charge in [-0.05, 0) is 63.1 Å². The van der Waals surface area contributed by atoms with Crippen LogP contribution in [-0.4, -0.2) is 38.7 Å². The molecule has 0 bridgehead atoms. The zero-order valence-corrected chi connectivity index (χ0v) is 18.0. The molecule has 0 heterocycles. The van der Waals surface area contributed by atoms with Crippen molar-refractivity contribution in [1.29, 1.82) is 0 Å². The number of benzene rings is 2. The third kappa shape index (κ3) is 5.98. The molecule has 1 atom stereocenters. The molecular weight excluding hydrogens is 408 g/mol. The SMILES string of the molecule is CC(=O)c1ccccc1NC(=O)C(C)OC(=O)CNS(=O)(=O)c1ccc(C)c(C)c1. The lowest BCUT2D eigenvalue weighted by Crippen LogP contribution is -2.36. The summed E-state index contributed by atoms with van der Waals surface area (Å²) in [5.41, 5.74) is 2.37. The Morgan fingerprint density at radius 2 is 1.70 bits per heavy atom. The third-order valence-electron chi connectivity index (χ3n) is 4.44. The Kier molecular flexibility index (Phi) is 7.47. The van der Waals surface area contributed by atoms with Crippen molar-refractivity contribution >= 4 is 33.4 Å². The van der Waals surface area contributed by atoms with E-state index >= 15 is 0 Å². The third-order valence-corrected chi connectivity index (χ3v) is 5.84. The van der Waals surface area contributed by atoms with E-state index in [2.05, 4.69) is 10.0 Å². The summed E-state index contributed by atoms with van der Waals surface area (Å²) in [6.45, 7) is 5.74. The number of carbonyl (C=O) groups excluding carboxylic acids is 3. The van der Waals surface area contributed by atoms with Crippen LogP contribution in [0.4, 0.5) is 5.69 Å². The molecule has 0 aromatic heterocycles. The molecule has 8 nitrogen and oxygen atoms in total. The van der Waals surface area contributed by atoms with Crippen LogP contribution in [0.25, 0.3) is 0 Å². The first-order valence-corrected chi connectivity index (χ1v) is 10.7. The van der Waals surface area contributed by atoms with Crippen LogP contribution in [0.3, 0.4) is 0 Å². The van der Waals surface area contributed by atoms with E-state index in [1.54, 1.807) is 37.3 Å². The number of rotatable bonds is 8. The molecule has 1 unspecified atom stereocenters. The maximum absolute atomic E-state index is 12.3. The normalized spacial score (nSPS) is 12.1. The number of amides is 1. The van der Waals surface area contributed by atoms with E-state index in [4.69, 9.17) is 4.74 Å². The van der Waals surface area contributed by atoms with Crippen molar-refractivity contribution in [2.75, 3.05) is 11.9 Å². The van der Waals surface area contributed by atoms with Gasteiger partial charge >= 0.3 is 5.97 Å². The Hall–Kier alpha value is -3.04. The topological polar surface area (TPSA) is 119 Å². The second kappa shape index (κ2) is 9.64. The number of carbonyl (C=O) groups is 3. The second-order valence-electron chi connectivity index (χ2n) is 6.79. The van der Waals surface area contributed by atoms with Gasteiger partial charge in [-0.25, -0.2) is 8.42 Å². The molecule has 2 N–H and O–H groups in total. The second-order valence-corrected chi connectivity index (χ2v) is 8.56. The van der Waals surface area contributed by atoms with Gasteiger partial charge in [-0.15, -0.1) is 0 Å². The number of Topliss-reactive ketones (excluding diaryl/α,β-unsaturated/α-hetero) is 1. The Bertz CT molecular complexity index is 1080. The fourth-order valence-corrected chi connectivity index (χ4v) is 3.60.